The molecule has 1 fully saturated rings. The highest BCUT2D eigenvalue weighted by Crippen LogP contribution is 2.32. The minimum absolute atomic E-state index is 0.141. The number of aryl methyl sites for hydroxylation is 1. The maximum Gasteiger partial charge on any atom is 0.329 e. The first-order chi connectivity index (χ1) is 11.7. The molecule has 1 unspecified atom stereocenters. The lowest BCUT2D eigenvalue weighted by molar-refractivity contribution is -0.150. The predicted molar refractivity (Wildman–Crippen MR) is 94.8 cm³/mol. The molecule has 1 saturated heterocycles. The van der Waals surface area contributed by atoms with E-state index >= 15 is 0 Å². The number of nitrogens with zero attached hydrogens (tertiary/aromatic N) is 2. The van der Waals surface area contributed by atoms with Crippen LogP contribution in [0.3, 0.4) is 0 Å². The summed E-state index contributed by atoms with van der Waals surface area (Å²) in [5, 5.41) is 0. The van der Waals surface area contributed by atoms with Gasteiger partial charge < -0.3 is 9.30 Å². The number of benzene rings is 1. The number of hydrogen-bond acceptors (Lipinski definition) is 3. The van der Waals surface area contributed by atoms with E-state index in [4.69, 9.17) is 4.74 Å². The summed E-state index contributed by atoms with van der Waals surface area (Å²) >= 11 is 0. The molecule has 1 atom stereocenters. The van der Waals surface area contributed by atoms with Crippen molar-refractivity contribution in [1.82, 2.24) is 9.47 Å². The van der Waals surface area contributed by atoms with E-state index in [0.717, 1.165) is 31.6 Å². The Balaban J connectivity index is 1.73. The molecule has 1 aliphatic heterocycles. The summed E-state index contributed by atoms with van der Waals surface area (Å²) in [7, 11) is 1.98. The summed E-state index contributed by atoms with van der Waals surface area (Å²) in [5.41, 5.74) is 2.41. The molecule has 0 bridgehead atoms. The number of ether oxygens (including phenoxy) is 1. The van der Waals surface area contributed by atoms with Crippen LogP contribution in [0.4, 0.5) is 0 Å². The van der Waals surface area contributed by atoms with Crippen molar-refractivity contribution in [3.8, 4) is 0 Å². The second-order valence-corrected chi connectivity index (χ2v) is 6.42. The van der Waals surface area contributed by atoms with Gasteiger partial charge in [0.15, 0.2) is 0 Å². The van der Waals surface area contributed by atoms with Crippen molar-refractivity contribution in [1.29, 1.82) is 0 Å². The van der Waals surface area contributed by atoms with E-state index in [1.54, 1.807) is 0 Å². The number of carbonyl (C=O) groups is 1. The Morgan fingerprint density at radius 2 is 1.88 bits per heavy atom. The zero-order valence-corrected chi connectivity index (χ0v) is 14.5. The number of carbonyl (C=O) groups excluding carboxylic acids is 1. The fourth-order valence-corrected chi connectivity index (χ4v) is 3.65. The van der Waals surface area contributed by atoms with Crippen molar-refractivity contribution in [3.63, 3.8) is 0 Å². The molecule has 0 spiro atoms. The fourth-order valence-electron chi connectivity index (χ4n) is 3.65. The van der Waals surface area contributed by atoms with Gasteiger partial charge in [0, 0.05) is 18.9 Å². The molecule has 4 heteroatoms. The van der Waals surface area contributed by atoms with Gasteiger partial charge in [-0.25, -0.2) is 4.79 Å². The van der Waals surface area contributed by atoms with E-state index in [0.29, 0.717) is 12.5 Å². The Kier molecular flexibility index (Phi) is 5.36. The van der Waals surface area contributed by atoms with E-state index in [2.05, 4.69) is 35.2 Å². The van der Waals surface area contributed by atoms with Crippen LogP contribution in [0.5, 0.6) is 0 Å². The van der Waals surface area contributed by atoms with Crippen LogP contribution in [-0.4, -0.2) is 35.1 Å². The summed E-state index contributed by atoms with van der Waals surface area (Å²) in [6.45, 7) is 4.10. The third-order valence-electron chi connectivity index (χ3n) is 4.94. The minimum Gasteiger partial charge on any atom is -0.465 e. The molecule has 1 aromatic heterocycles. The monoisotopic (exact) mass is 326 g/mol. The second kappa shape index (κ2) is 7.67. The average molecular weight is 326 g/mol. The van der Waals surface area contributed by atoms with E-state index in [-0.39, 0.29) is 12.0 Å². The highest BCUT2D eigenvalue weighted by molar-refractivity contribution is 5.77. The first kappa shape index (κ1) is 16.8. The maximum absolute atomic E-state index is 12.6. The number of aromatic nitrogens is 1. The molecule has 3 rings (SSSR count). The van der Waals surface area contributed by atoms with Crippen molar-refractivity contribution >= 4 is 5.97 Å². The van der Waals surface area contributed by atoms with Crippen molar-refractivity contribution in [3.05, 3.63) is 59.9 Å². The molecule has 0 aliphatic carbocycles. The van der Waals surface area contributed by atoms with Crippen LogP contribution in [0.15, 0.2) is 48.7 Å². The van der Waals surface area contributed by atoms with Gasteiger partial charge in [0.05, 0.1) is 6.61 Å². The fraction of sp³-hybridized carbons (Fsp3) is 0.450. The minimum atomic E-state index is -0.304. The van der Waals surface area contributed by atoms with Crippen LogP contribution in [0.25, 0.3) is 0 Å². The van der Waals surface area contributed by atoms with Crippen molar-refractivity contribution in [2.24, 2.45) is 7.05 Å². The van der Waals surface area contributed by atoms with Crippen LogP contribution in [-0.2, 0) is 16.6 Å². The molecule has 0 amide bonds. The second-order valence-electron chi connectivity index (χ2n) is 6.42. The summed E-state index contributed by atoms with van der Waals surface area (Å²) in [5.74, 6) is 0.441. The Morgan fingerprint density at radius 3 is 2.46 bits per heavy atom. The molecular formula is C20H26N2O2. The van der Waals surface area contributed by atoms with E-state index in [9.17, 15) is 4.79 Å². The van der Waals surface area contributed by atoms with Gasteiger partial charge in [-0.2, -0.15) is 0 Å². The number of rotatable bonds is 5. The van der Waals surface area contributed by atoms with Crippen LogP contribution in [0, 0.1) is 0 Å². The van der Waals surface area contributed by atoms with Gasteiger partial charge in [-0.3, -0.25) is 4.90 Å². The largest absolute Gasteiger partial charge is 0.465 e. The molecule has 0 N–H and O–H groups in total. The van der Waals surface area contributed by atoms with Crippen molar-refractivity contribution < 1.29 is 9.53 Å². The topological polar surface area (TPSA) is 34.5 Å². The maximum atomic E-state index is 12.6. The van der Waals surface area contributed by atoms with Gasteiger partial charge in [-0.1, -0.05) is 30.3 Å². The number of piperidine rings is 1. The summed E-state index contributed by atoms with van der Waals surface area (Å²) in [6, 6.07) is 14.4. The van der Waals surface area contributed by atoms with Gasteiger partial charge in [-0.05, 0) is 56.5 Å². The Morgan fingerprint density at radius 1 is 1.17 bits per heavy atom. The summed E-state index contributed by atoms with van der Waals surface area (Å²) < 4.78 is 7.37. The van der Waals surface area contributed by atoms with Gasteiger partial charge >= 0.3 is 5.97 Å². The molecule has 0 saturated carbocycles. The molecule has 24 heavy (non-hydrogen) atoms. The standard InChI is InChI=1S/C20H26N2O2/c1-3-24-20(23)19(18-10-7-13-21(18)2)22-14-11-17(12-15-22)16-8-5-4-6-9-16/h4-10,13,17,19H,3,11-12,14-15H2,1-2H3. The summed E-state index contributed by atoms with van der Waals surface area (Å²) in [6.07, 6.45) is 4.13. The highest BCUT2D eigenvalue weighted by atomic mass is 16.5. The quantitative estimate of drug-likeness (QED) is 0.789. The Labute approximate surface area is 144 Å². The molecule has 1 aromatic carbocycles. The molecule has 1 aliphatic rings. The van der Waals surface area contributed by atoms with Gasteiger partial charge in [0.25, 0.3) is 0 Å². The molecule has 0 radical (unpaired) electrons. The number of likely N-dealkylation sites (tertiary alicyclic amines) is 1. The van der Waals surface area contributed by atoms with Gasteiger partial charge in [0.1, 0.15) is 6.04 Å². The molecule has 2 aromatic rings. The van der Waals surface area contributed by atoms with Crippen LogP contribution >= 0.6 is 0 Å². The number of hydrogen-bond donors (Lipinski definition) is 0. The van der Waals surface area contributed by atoms with Crippen LogP contribution in [0.1, 0.15) is 43.0 Å². The zero-order valence-electron chi connectivity index (χ0n) is 14.5. The first-order valence-electron chi connectivity index (χ1n) is 8.77. The van der Waals surface area contributed by atoms with Crippen molar-refractivity contribution in [2.75, 3.05) is 19.7 Å². The lowest BCUT2D eigenvalue weighted by Crippen LogP contribution is -2.41. The predicted octanol–water partition coefficient (Wildman–Crippen LogP) is 3.51. The Hall–Kier alpha value is -2.07. The molecule has 2 heterocycles. The number of esters is 1. The lowest BCUT2D eigenvalue weighted by Gasteiger charge is -2.36. The average Bonchev–Trinajstić information content (AvgIpc) is 3.03. The van der Waals surface area contributed by atoms with E-state index in [1.807, 2.05) is 36.9 Å². The summed E-state index contributed by atoms with van der Waals surface area (Å²) in [4.78, 5) is 14.8. The third-order valence-corrected chi connectivity index (χ3v) is 4.94. The molecule has 4 nitrogen and oxygen atoms in total. The van der Waals surface area contributed by atoms with Crippen molar-refractivity contribution in [2.45, 2.75) is 31.7 Å². The normalized spacial score (nSPS) is 17.6. The van der Waals surface area contributed by atoms with Gasteiger partial charge in [0.2, 0.25) is 0 Å². The smallest absolute Gasteiger partial charge is 0.329 e. The van der Waals surface area contributed by atoms with Gasteiger partial charge in [-0.15, -0.1) is 0 Å². The molecule has 128 valence electrons. The molecular weight excluding hydrogens is 300 g/mol. The van der Waals surface area contributed by atoms with E-state index in [1.165, 1.54) is 5.56 Å². The zero-order chi connectivity index (χ0) is 16.9. The SMILES string of the molecule is CCOC(=O)C(c1cccn1C)N1CCC(c2ccccc2)CC1. The van der Waals surface area contributed by atoms with Crippen LogP contribution in [0.2, 0.25) is 0 Å². The Bertz CT molecular complexity index is 657. The lowest BCUT2D eigenvalue weighted by atomic mass is 9.88. The highest BCUT2D eigenvalue weighted by Gasteiger charge is 2.33. The van der Waals surface area contributed by atoms with Crippen LogP contribution < -0.4 is 0 Å². The first-order valence-corrected chi connectivity index (χ1v) is 8.77. The third kappa shape index (κ3) is 3.54. The van der Waals surface area contributed by atoms with E-state index < -0.39 is 0 Å².